The number of hydrogen-bond donors (Lipinski definition) is 1. The van der Waals surface area contributed by atoms with Gasteiger partial charge in [0.2, 0.25) is 0 Å². The Balaban J connectivity index is 2.09. The molecular formula is C9H16O. The van der Waals surface area contributed by atoms with E-state index in [9.17, 15) is 5.11 Å². The van der Waals surface area contributed by atoms with Crippen LogP contribution in [0.2, 0.25) is 0 Å². The monoisotopic (exact) mass is 140 g/mol. The van der Waals surface area contributed by atoms with Crippen molar-refractivity contribution in [2.75, 3.05) is 0 Å². The first-order chi connectivity index (χ1) is 4.79. The summed E-state index contributed by atoms with van der Waals surface area (Å²) in [5.74, 6) is 2.44. The maximum absolute atomic E-state index is 9.52. The standard InChI is InChI=1S/C9H16O/c1-6-2-3-8-7(6)4-5-9(8)10/h6-10H,2-5H2,1H3/t6-,7-,8+,9-/m1/s1. The quantitative estimate of drug-likeness (QED) is 0.544. The van der Waals surface area contributed by atoms with E-state index < -0.39 is 0 Å². The zero-order valence-corrected chi connectivity index (χ0v) is 6.59. The van der Waals surface area contributed by atoms with Gasteiger partial charge >= 0.3 is 0 Å². The van der Waals surface area contributed by atoms with E-state index in [0.29, 0.717) is 5.92 Å². The van der Waals surface area contributed by atoms with Crippen LogP contribution >= 0.6 is 0 Å². The second-order valence-corrected chi connectivity index (χ2v) is 4.03. The van der Waals surface area contributed by atoms with Crippen LogP contribution in [0.1, 0.15) is 32.6 Å². The molecule has 0 spiro atoms. The maximum Gasteiger partial charge on any atom is 0.0571 e. The van der Waals surface area contributed by atoms with Crippen molar-refractivity contribution in [3.8, 4) is 0 Å². The molecule has 2 aliphatic rings. The number of rotatable bonds is 0. The lowest BCUT2D eigenvalue weighted by Crippen LogP contribution is -2.15. The molecule has 0 aromatic carbocycles. The molecule has 10 heavy (non-hydrogen) atoms. The van der Waals surface area contributed by atoms with Crippen LogP contribution in [0.4, 0.5) is 0 Å². The van der Waals surface area contributed by atoms with Crippen LogP contribution in [0.15, 0.2) is 0 Å². The molecule has 2 rings (SSSR count). The van der Waals surface area contributed by atoms with Crippen LogP contribution < -0.4 is 0 Å². The van der Waals surface area contributed by atoms with Crippen LogP contribution in [-0.2, 0) is 0 Å². The Hall–Kier alpha value is -0.0400. The zero-order chi connectivity index (χ0) is 7.14. The predicted octanol–water partition coefficient (Wildman–Crippen LogP) is 1.80. The lowest BCUT2D eigenvalue weighted by Gasteiger charge is -2.14. The Kier molecular flexibility index (Phi) is 1.48. The minimum absolute atomic E-state index is 0.0509. The highest BCUT2D eigenvalue weighted by molar-refractivity contribution is 4.92. The summed E-state index contributed by atoms with van der Waals surface area (Å²) in [6, 6.07) is 0. The summed E-state index contributed by atoms with van der Waals surface area (Å²) in [4.78, 5) is 0. The lowest BCUT2D eigenvalue weighted by molar-refractivity contribution is 0.124. The highest BCUT2D eigenvalue weighted by Gasteiger charge is 2.41. The van der Waals surface area contributed by atoms with Crippen molar-refractivity contribution in [3.63, 3.8) is 0 Å². The summed E-state index contributed by atoms with van der Waals surface area (Å²) < 4.78 is 0. The Morgan fingerprint density at radius 3 is 2.40 bits per heavy atom. The fraction of sp³-hybridized carbons (Fsp3) is 1.00. The van der Waals surface area contributed by atoms with Gasteiger partial charge in [-0.25, -0.2) is 0 Å². The molecule has 0 heterocycles. The largest absolute Gasteiger partial charge is 0.393 e. The fourth-order valence-corrected chi connectivity index (χ4v) is 2.86. The van der Waals surface area contributed by atoms with Gasteiger partial charge in [-0.1, -0.05) is 13.3 Å². The van der Waals surface area contributed by atoms with Crippen molar-refractivity contribution < 1.29 is 5.11 Å². The van der Waals surface area contributed by atoms with E-state index in [1.807, 2.05) is 0 Å². The molecular weight excluding hydrogens is 124 g/mol. The molecule has 2 fully saturated rings. The molecule has 58 valence electrons. The van der Waals surface area contributed by atoms with Crippen LogP contribution in [0.3, 0.4) is 0 Å². The van der Waals surface area contributed by atoms with Gasteiger partial charge in [-0.05, 0) is 37.0 Å². The van der Waals surface area contributed by atoms with Crippen LogP contribution in [0, 0.1) is 17.8 Å². The summed E-state index contributed by atoms with van der Waals surface area (Å²) in [7, 11) is 0. The number of hydrogen-bond acceptors (Lipinski definition) is 1. The second-order valence-electron chi connectivity index (χ2n) is 4.03. The third-order valence-corrected chi connectivity index (χ3v) is 3.53. The molecule has 2 saturated carbocycles. The molecule has 0 aromatic heterocycles. The summed E-state index contributed by atoms with van der Waals surface area (Å²) in [5, 5.41) is 9.52. The molecule has 0 amide bonds. The van der Waals surface area contributed by atoms with Gasteiger partial charge in [0.05, 0.1) is 6.10 Å². The number of aliphatic hydroxyl groups excluding tert-OH is 1. The highest BCUT2D eigenvalue weighted by atomic mass is 16.3. The van der Waals surface area contributed by atoms with Gasteiger partial charge in [0, 0.05) is 0 Å². The van der Waals surface area contributed by atoms with Gasteiger partial charge in [-0.2, -0.15) is 0 Å². The summed E-state index contributed by atoms with van der Waals surface area (Å²) in [6.07, 6.45) is 5.04. The predicted molar refractivity (Wildman–Crippen MR) is 40.6 cm³/mol. The Labute approximate surface area is 62.4 Å². The molecule has 1 N–H and O–H groups in total. The number of fused-ring (bicyclic) bond motifs is 1. The highest BCUT2D eigenvalue weighted by Crippen LogP contribution is 2.47. The molecule has 0 unspecified atom stereocenters. The molecule has 0 saturated heterocycles. The molecule has 1 heteroatoms. The van der Waals surface area contributed by atoms with E-state index >= 15 is 0 Å². The van der Waals surface area contributed by atoms with Gasteiger partial charge < -0.3 is 5.11 Å². The minimum Gasteiger partial charge on any atom is -0.393 e. The van der Waals surface area contributed by atoms with Crippen LogP contribution in [0.25, 0.3) is 0 Å². The molecule has 0 bridgehead atoms. The summed E-state index contributed by atoms with van der Waals surface area (Å²) in [5.41, 5.74) is 0. The molecule has 0 aromatic rings. The normalized spacial score (nSPS) is 53.4. The third-order valence-electron chi connectivity index (χ3n) is 3.53. The first-order valence-electron chi connectivity index (χ1n) is 4.47. The van der Waals surface area contributed by atoms with Crippen molar-refractivity contribution in [1.29, 1.82) is 0 Å². The average Bonchev–Trinajstić information content (AvgIpc) is 2.41. The van der Waals surface area contributed by atoms with E-state index in [4.69, 9.17) is 0 Å². The first kappa shape index (κ1) is 6.66. The van der Waals surface area contributed by atoms with Crippen molar-refractivity contribution in [2.45, 2.75) is 38.7 Å². The second kappa shape index (κ2) is 2.23. The fourth-order valence-electron chi connectivity index (χ4n) is 2.86. The van der Waals surface area contributed by atoms with Gasteiger partial charge in [0.1, 0.15) is 0 Å². The van der Waals surface area contributed by atoms with Gasteiger partial charge in [0.15, 0.2) is 0 Å². The van der Waals surface area contributed by atoms with Crippen LogP contribution in [0.5, 0.6) is 0 Å². The van der Waals surface area contributed by atoms with Crippen molar-refractivity contribution in [2.24, 2.45) is 17.8 Å². The molecule has 4 atom stereocenters. The average molecular weight is 140 g/mol. The zero-order valence-electron chi connectivity index (χ0n) is 6.59. The first-order valence-corrected chi connectivity index (χ1v) is 4.47. The third kappa shape index (κ3) is 0.800. The lowest BCUT2D eigenvalue weighted by atomic mass is 9.93. The molecule has 0 radical (unpaired) electrons. The number of aliphatic hydroxyl groups is 1. The molecule has 1 nitrogen and oxygen atoms in total. The van der Waals surface area contributed by atoms with Crippen molar-refractivity contribution in [1.82, 2.24) is 0 Å². The van der Waals surface area contributed by atoms with Gasteiger partial charge in [-0.15, -0.1) is 0 Å². The van der Waals surface area contributed by atoms with E-state index in [0.717, 1.165) is 18.3 Å². The molecule has 0 aliphatic heterocycles. The SMILES string of the molecule is C[C@@H]1CC[C@H]2[C@@H]1CC[C@H]2O. The van der Waals surface area contributed by atoms with Gasteiger partial charge in [-0.3, -0.25) is 0 Å². The smallest absolute Gasteiger partial charge is 0.0571 e. The Morgan fingerprint density at radius 2 is 1.70 bits per heavy atom. The Morgan fingerprint density at radius 1 is 1.00 bits per heavy atom. The Bertz CT molecular complexity index is 117. The maximum atomic E-state index is 9.52. The van der Waals surface area contributed by atoms with E-state index in [2.05, 4.69) is 6.92 Å². The van der Waals surface area contributed by atoms with E-state index in [1.54, 1.807) is 0 Å². The topological polar surface area (TPSA) is 20.2 Å². The van der Waals surface area contributed by atoms with Gasteiger partial charge in [0.25, 0.3) is 0 Å². The van der Waals surface area contributed by atoms with E-state index in [1.165, 1.54) is 19.3 Å². The van der Waals surface area contributed by atoms with Crippen LogP contribution in [-0.4, -0.2) is 11.2 Å². The summed E-state index contributed by atoms with van der Waals surface area (Å²) in [6.45, 7) is 2.34. The van der Waals surface area contributed by atoms with Crippen molar-refractivity contribution >= 4 is 0 Å². The molecule has 2 aliphatic carbocycles. The van der Waals surface area contributed by atoms with E-state index in [-0.39, 0.29) is 6.10 Å². The van der Waals surface area contributed by atoms with Crippen molar-refractivity contribution in [3.05, 3.63) is 0 Å². The minimum atomic E-state index is 0.0509. The summed E-state index contributed by atoms with van der Waals surface area (Å²) >= 11 is 0.